The molecule has 1 aliphatic carbocycles. The second-order valence-electron chi connectivity index (χ2n) is 3.78. The van der Waals surface area contributed by atoms with Gasteiger partial charge in [-0.25, -0.2) is 0 Å². The van der Waals surface area contributed by atoms with Crippen LogP contribution in [-0.4, -0.2) is 16.8 Å². The van der Waals surface area contributed by atoms with Crippen molar-refractivity contribution in [3.8, 4) is 11.5 Å². The molecule has 0 radical (unpaired) electrons. The molecule has 3 nitrogen and oxygen atoms in total. The monoisotopic (exact) mass is 213 g/mol. The van der Waals surface area contributed by atoms with Crippen molar-refractivity contribution < 1.29 is 10.2 Å². The minimum atomic E-state index is -0.246. The maximum Gasteiger partial charge on any atom is 0.176 e. The summed E-state index contributed by atoms with van der Waals surface area (Å²) in [5.74, 6) is -0.371. The Labute approximate surface area is 87.1 Å². The molecule has 1 aliphatic rings. The van der Waals surface area contributed by atoms with Gasteiger partial charge >= 0.3 is 0 Å². The van der Waals surface area contributed by atoms with Gasteiger partial charge in [0.1, 0.15) is 0 Å². The van der Waals surface area contributed by atoms with E-state index >= 15 is 0 Å². The maximum absolute atomic E-state index is 9.70. The lowest BCUT2D eigenvalue weighted by molar-refractivity contribution is 0.395. The molecule has 0 amide bonds. The highest BCUT2D eigenvalue weighted by atomic mass is 35.5. The minimum absolute atomic E-state index is 0.125. The Bertz CT molecular complexity index is 375. The van der Waals surface area contributed by atoms with Crippen molar-refractivity contribution in [3.63, 3.8) is 0 Å². The largest absolute Gasteiger partial charge is 0.504 e. The SMILES string of the molecule is NCC1(c2ccc(Cl)c(O)c2O)CC1. The van der Waals surface area contributed by atoms with Crippen LogP contribution in [0.5, 0.6) is 11.5 Å². The van der Waals surface area contributed by atoms with Crippen molar-refractivity contribution >= 4 is 11.6 Å². The van der Waals surface area contributed by atoms with Crippen LogP contribution in [0.3, 0.4) is 0 Å². The van der Waals surface area contributed by atoms with Gasteiger partial charge in [-0.1, -0.05) is 17.7 Å². The quantitative estimate of drug-likeness (QED) is 0.656. The number of hydrogen-bond acceptors (Lipinski definition) is 3. The van der Waals surface area contributed by atoms with Gasteiger partial charge in [0, 0.05) is 17.5 Å². The molecule has 1 fully saturated rings. The smallest absolute Gasteiger partial charge is 0.176 e. The molecule has 1 saturated carbocycles. The Morgan fingerprint density at radius 1 is 1.29 bits per heavy atom. The van der Waals surface area contributed by atoms with E-state index in [-0.39, 0.29) is 21.9 Å². The standard InChI is InChI=1S/C10H12ClNO2/c11-7-2-1-6(8(13)9(7)14)10(5-12)3-4-10/h1-2,13-14H,3-5,12H2. The minimum Gasteiger partial charge on any atom is -0.504 e. The normalized spacial score (nSPS) is 18.1. The number of phenolic OH excluding ortho intramolecular Hbond substituents is 2. The average Bonchev–Trinajstić information content (AvgIpc) is 2.95. The first kappa shape index (κ1) is 9.62. The van der Waals surface area contributed by atoms with Gasteiger partial charge in [-0.15, -0.1) is 0 Å². The molecule has 4 heteroatoms. The zero-order valence-electron chi connectivity index (χ0n) is 7.63. The fraction of sp³-hybridized carbons (Fsp3) is 0.400. The number of halogens is 1. The Hall–Kier alpha value is -0.930. The van der Waals surface area contributed by atoms with Crippen molar-refractivity contribution in [1.29, 1.82) is 0 Å². The second-order valence-corrected chi connectivity index (χ2v) is 4.18. The fourth-order valence-electron chi connectivity index (χ4n) is 1.72. The molecule has 0 heterocycles. The molecule has 0 atom stereocenters. The summed E-state index contributed by atoms with van der Waals surface area (Å²) in [5.41, 5.74) is 6.21. The maximum atomic E-state index is 9.70. The molecular formula is C10H12ClNO2. The molecule has 0 aromatic heterocycles. The first-order valence-electron chi connectivity index (χ1n) is 4.52. The van der Waals surface area contributed by atoms with E-state index in [1.807, 2.05) is 0 Å². The van der Waals surface area contributed by atoms with E-state index in [0.717, 1.165) is 12.8 Å². The summed E-state index contributed by atoms with van der Waals surface area (Å²) < 4.78 is 0. The number of rotatable bonds is 2. The molecule has 1 aromatic rings. The lowest BCUT2D eigenvalue weighted by Crippen LogP contribution is -2.19. The van der Waals surface area contributed by atoms with Gasteiger partial charge in [0.2, 0.25) is 0 Å². The summed E-state index contributed by atoms with van der Waals surface area (Å²) in [6.07, 6.45) is 1.91. The highest BCUT2D eigenvalue weighted by Gasteiger charge is 2.45. The lowest BCUT2D eigenvalue weighted by Gasteiger charge is -2.15. The van der Waals surface area contributed by atoms with Crippen molar-refractivity contribution in [2.45, 2.75) is 18.3 Å². The van der Waals surface area contributed by atoms with Gasteiger partial charge in [0.15, 0.2) is 11.5 Å². The molecule has 0 aliphatic heterocycles. The fourth-order valence-corrected chi connectivity index (χ4v) is 1.87. The van der Waals surface area contributed by atoms with Crippen molar-refractivity contribution in [2.24, 2.45) is 5.73 Å². The summed E-state index contributed by atoms with van der Waals surface area (Å²) in [5, 5.41) is 19.3. The first-order valence-corrected chi connectivity index (χ1v) is 4.89. The Balaban J connectivity index is 2.50. The third kappa shape index (κ3) is 1.24. The molecular weight excluding hydrogens is 202 g/mol. The zero-order valence-corrected chi connectivity index (χ0v) is 8.38. The topological polar surface area (TPSA) is 66.5 Å². The van der Waals surface area contributed by atoms with E-state index in [1.165, 1.54) is 0 Å². The van der Waals surface area contributed by atoms with E-state index in [1.54, 1.807) is 12.1 Å². The van der Waals surface area contributed by atoms with Crippen LogP contribution in [0.4, 0.5) is 0 Å². The van der Waals surface area contributed by atoms with Crippen molar-refractivity contribution in [1.82, 2.24) is 0 Å². The Morgan fingerprint density at radius 3 is 2.43 bits per heavy atom. The van der Waals surface area contributed by atoms with E-state index in [4.69, 9.17) is 17.3 Å². The van der Waals surface area contributed by atoms with Gasteiger partial charge in [0.25, 0.3) is 0 Å². The average molecular weight is 214 g/mol. The van der Waals surface area contributed by atoms with E-state index in [9.17, 15) is 10.2 Å². The van der Waals surface area contributed by atoms with Crippen molar-refractivity contribution in [2.75, 3.05) is 6.54 Å². The van der Waals surface area contributed by atoms with Gasteiger partial charge in [-0.05, 0) is 18.9 Å². The molecule has 0 bridgehead atoms. The lowest BCUT2D eigenvalue weighted by atomic mass is 9.95. The highest BCUT2D eigenvalue weighted by molar-refractivity contribution is 6.32. The molecule has 2 rings (SSSR count). The van der Waals surface area contributed by atoms with Gasteiger partial charge in [0.05, 0.1) is 5.02 Å². The van der Waals surface area contributed by atoms with Gasteiger partial charge in [-0.3, -0.25) is 0 Å². The van der Waals surface area contributed by atoms with Crippen LogP contribution in [0, 0.1) is 0 Å². The van der Waals surface area contributed by atoms with Crippen LogP contribution in [0.15, 0.2) is 12.1 Å². The molecule has 4 N–H and O–H groups in total. The molecule has 14 heavy (non-hydrogen) atoms. The highest BCUT2D eigenvalue weighted by Crippen LogP contribution is 2.53. The zero-order chi connectivity index (χ0) is 10.3. The van der Waals surface area contributed by atoms with Crippen LogP contribution >= 0.6 is 11.6 Å². The summed E-state index contributed by atoms with van der Waals surface area (Å²) in [6, 6.07) is 3.32. The van der Waals surface area contributed by atoms with Gasteiger partial charge < -0.3 is 15.9 Å². The number of nitrogens with two attached hydrogens (primary N) is 1. The molecule has 0 saturated heterocycles. The molecule has 1 aromatic carbocycles. The molecule has 76 valence electrons. The third-order valence-electron chi connectivity index (χ3n) is 2.92. The van der Waals surface area contributed by atoms with Crippen molar-refractivity contribution in [3.05, 3.63) is 22.7 Å². The number of hydrogen-bond donors (Lipinski definition) is 3. The van der Waals surface area contributed by atoms with E-state index < -0.39 is 0 Å². The summed E-state index contributed by atoms with van der Waals surface area (Å²) in [7, 11) is 0. The summed E-state index contributed by atoms with van der Waals surface area (Å²) in [4.78, 5) is 0. The van der Waals surface area contributed by atoms with Crippen LogP contribution in [0.2, 0.25) is 5.02 Å². The summed E-state index contributed by atoms with van der Waals surface area (Å²) >= 11 is 5.66. The number of benzene rings is 1. The van der Waals surface area contributed by atoms with E-state index in [0.29, 0.717) is 12.1 Å². The predicted octanol–water partition coefficient (Wildman–Crippen LogP) is 1.74. The molecule has 0 spiro atoms. The van der Waals surface area contributed by atoms with Crippen LogP contribution in [0.1, 0.15) is 18.4 Å². The Kier molecular flexibility index (Phi) is 2.09. The van der Waals surface area contributed by atoms with E-state index in [2.05, 4.69) is 0 Å². The van der Waals surface area contributed by atoms with Gasteiger partial charge in [-0.2, -0.15) is 0 Å². The second kappa shape index (κ2) is 3.04. The number of aromatic hydroxyl groups is 2. The van der Waals surface area contributed by atoms with Crippen LogP contribution in [-0.2, 0) is 5.41 Å². The predicted molar refractivity (Wildman–Crippen MR) is 54.7 cm³/mol. The Morgan fingerprint density at radius 2 is 1.93 bits per heavy atom. The first-order chi connectivity index (χ1) is 6.60. The number of phenols is 2. The van der Waals surface area contributed by atoms with Crippen LogP contribution in [0.25, 0.3) is 0 Å². The molecule has 0 unspecified atom stereocenters. The summed E-state index contributed by atoms with van der Waals surface area (Å²) in [6.45, 7) is 0.488. The third-order valence-corrected chi connectivity index (χ3v) is 3.22. The van der Waals surface area contributed by atoms with Crippen LogP contribution < -0.4 is 5.73 Å².